The molecule has 3 N–H and O–H groups in total. The minimum absolute atomic E-state index is 0.0268. The molecule has 1 amide bonds. The number of anilines is 1. The number of nitrogens with one attached hydrogen (secondary N) is 1. The lowest BCUT2D eigenvalue weighted by Crippen LogP contribution is -2.26. The minimum Gasteiger partial charge on any atom is -0.399 e. The van der Waals surface area contributed by atoms with E-state index in [0.717, 1.165) is 16.8 Å². The fourth-order valence-electron chi connectivity index (χ4n) is 2.26. The van der Waals surface area contributed by atoms with Crippen LogP contribution in [-0.2, 0) is 11.2 Å². The highest BCUT2D eigenvalue weighted by atomic mass is 16.1. The van der Waals surface area contributed by atoms with Gasteiger partial charge in [0.25, 0.3) is 0 Å². The topological polar surface area (TPSA) is 55.1 Å². The quantitative estimate of drug-likeness (QED) is 0.826. The number of nitrogens with two attached hydrogens (primary N) is 1. The van der Waals surface area contributed by atoms with Gasteiger partial charge in [-0.1, -0.05) is 42.0 Å². The van der Waals surface area contributed by atoms with Crippen molar-refractivity contribution in [3.8, 4) is 0 Å². The van der Waals surface area contributed by atoms with E-state index in [0.29, 0.717) is 12.8 Å². The number of hydrogen-bond donors (Lipinski definition) is 2. The summed E-state index contributed by atoms with van der Waals surface area (Å²) < 4.78 is 0. The van der Waals surface area contributed by atoms with Crippen LogP contribution in [0.25, 0.3) is 0 Å². The third-order valence-electron chi connectivity index (χ3n) is 3.55. The Kier molecular flexibility index (Phi) is 4.99. The van der Waals surface area contributed by atoms with Gasteiger partial charge in [-0.05, 0) is 43.5 Å². The summed E-state index contributed by atoms with van der Waals surface area (Å²) in [5.74, 6) is 0.0606. The molecule has 2 rings (SSSR count). The van der Waals surface area contributed by atoms with Crippen molar-refractivity contribution in [1.82, 2.24) is 5.32 Å². The zero-order chi connectivity index (χ0) is 15.2. The first kappa shape index (κ1) is 15.1. The molecule has 0 radical (unpaired) electrons. The van der Waals surface area contributed by atoms with Crippen molar-refractivity contribution in [3.05, 3.63) is 65.2 Å². The molecule has 0 spiro atoms. The van der Waals surface area contributed by atoms with Gasteiger partial charge in [0, 0.05) is 12.1 Å². The third-order valence-corrected chi connectivity index (χ3v) is 3.55. The van der Waals surface area contributed by atoms with E-state index in [1.54, 1.807) is 0 Å². The predicted molar refractivity (Wildman–Crippen MR) is 86.9 cm³/mol. The highest BCUT2D eigenvalue weighted by molar-refractivity contribution is 5.76. The van der Waals surface area contributed by atoms with Crippen LogP contribution in [0.1, 0.15) is 36.1 Å². The largest absolute Gasteiger partial charge is 0.399 e. The molecule has 21 heavy (non-hydrogen) atoms. The Balaban J connectivity index is 1.85. The van der Waals surface area contributed by atoms with Crippen molar-refractivity contribution in [2.75, 3.05) is 5.73 Å². The van der Waals surface area contributed by atoms with Gasteiger partial charge in [0.15, 0.2) is 0 Å². The molecule has 0 aliphatic rings. The third kappa shape index (κ3) is 4.63. The van der Waals surface area contributed by atoms with Gasteiger partial charge in [-0.25, -0.2) is 0 Å². The van der Waals surface area contributed by atoms with Crippen molar-refractivity contribution in [2.24, 2.45) is 0 Å². The number of rotatable bonds is 5. The van der Waals surface area contributed by atoms with Gasteiger partial charge >= 0.3 is 0 Å². The standard InChI is InChI=1S/C18H22N2O/c1-13-6-9-16(10-7-13)14(2)20-18(21)11-8-15-4-3-5-17(19)12-15/h3-7,9-10,12,14H,8,11,19H2,1-2H3,(H,20,21)/t14-/m0/s1. The summed E-state index contributed by atoms with van der Waals surface area (Å²) in [7, 11) is 0. The average Bonchev–Trinajstić information content (AvgIpc) is 2.46. The maximum absolute atomic E-state index is 12.0. The van der Waals surface area contributed by atoms with Crippen LogP contribution in [0.4, 0.5) is 5.69 Å². The summed E-state index contributed by atoms with van der Waals surface area (Å²) in [5.41, 5.74) is 9.91. The monoisotopic (exact) mass is 282 g/mol. The van der Waals surface area contributed by atoms with Gasteiger partial charge in [0.2, 0.25) is 5.91 Å². The number of aryl methyl sites for hydroxylation is 2. The molecule has 0 aliphatic carbocycles. The summed E-state index contributed by atoms with van der Waals surface area (Å²) in [6.07, 6.45) is 1.18. The molecule has 3 nitrogen and oxygen atoms in total. The summed E-state index contributed by atoms with van der Waals surface area (Å²) in [6.45, 7) is 4.06. The van der Waals surface area contributed by atoms with Gasteiger partial charge in [-0.3, -0.25) is 4.79 Å². The van der Waals surface area contributed by atoms with Crippen LogP contribution >= 0.6 is 0 Å². The van der Waals surface area contributed by atoms with E-state index >= 15 is 0 Å². The molecule has 0 saturated heterocycles. The number of benzene rings is 2. The molecular formula is C18H22N2O. The van der Waals surface area contributed by atoms with Crippen LogP contribution < -0.4 is 11.1 Å². The van der Waals surface area contributed by atoms with Gasteiger partial charge in [0.05, 0.1) is 6.04 Å². The first-order valence-corrected chi connectivity index (χ1v) is 7.25. The molecule has 2 aromatic carbocycles. The Hall–Kier alpha value is -2.29. The van der Waals surface area contributed by atoms with E-state index in [9.17, 15) is 4.79 Å². The highest BCUT2D eigenvalue weighted by Gasteiger charge is 2.09. The van der Waals surface area contributed by atoms with E-state index in [2.05, 4.69) is 36.5 Å². The van der Waals surface area contributed by atoms with Crippen molar-refractivity contribution in [2.45, 2.75) is 32.7 Å². The number of nitrogen functional groups attached to an aromatic ring is 1. The van der Waals surface area contributed by atoms with E-state index in [1.165, 1.54) is 5.56 Å². The van der Waals surface area contributed by atoms with Crippen molar-refractivity contribution in [1.29, 1.82) is 0 Å². The number of amides is 1. The highest BCUT2D eigenvalue weighted by Crippen LogP contribution is 2.14. The van der Waals surface area contributed by atoms with E-state index in [-0.39, 0.29) is 11.9 Å². The smallest absolute Gasteiger partial charge is 0.220 e. The number of carbonyl (C=O) groups is 1. The first-order valence-electron chi connectivity index (χ1n) is 7.25. The second kappa shape index (κ2) is 6.93. The normalized spacial score (nSPS) is 11.9. The molecule has 1 atom stereocenters. The lowest BCUT2D eigenvalue weighted by molar-refractivity contribution is -0.121. The fourth-order valence-corrected chi connectivity index (χ4v) is 2.26. The van der Waals surface area contributed by atoms with E-state index in [1.807, 2.05) is 31.2 Å². The van der Waals surface area contributed by atoms with Crippen LogP contribution in [0.5, 0.6) is 0 Å². The summed E-state index contributed by atoms with van der Waals surface area (Å²) >= 11 is 0. The molecule has 3 heteroatoms. The number of hydrogen-bond acceptors (Lipinski definition) is 2. The predicted octanol–water partition coefficient (Wildman–Crippen LogP) is 3.39. The summed E-state index contributed by atoms with van der Waals surface area (Å²) in [5, 5.41) is 3.03. The van der Waals surface area contributed by atoms with Crippen LogP contribution in [0.15, 0.2) is 48.5 Å². The molecule has 0 saturated carbocycles. The van der Waals surface area contributed by atoms with Gasteiger partial charge < -0.3 is 11.1 Å². The Morgan fingerprint density at radius 3 is 2.57 bits per heavy atom. The Bertz CT molecular complexity index is 605. The van der Waals surface area contributed by atoms with Crippen LogP contribution in [0.2, 0.25) is 0 Å². The van der Waals surface area contributed by atoms with Gasteiger partial charge in [-0.2, -0.15) is 0 Å². The Labute approximate surface area is 126 Å². The maximum Gasteiger partial charge on any atom is 0.220 e. The van der Waals surface area contributed by atoms with Gasteiger partial charge in [0.1, 0.15) is 0 Å². The maximum atomic E-state index is 12.0. The van der Waals surface area contributed by atoms with Crippen molar-refractivity contribution < 1.29 is 4.79 Å². The van der Waals surface area contributed by atoms with Crippen LogP contribution in [0.3, 0.4) is 0 Å². The zero-order valence-electron chi connectivity index (χ0n) is 12.6. The lowest BCUT2D eigenvalue weighted by atomic mass is 10.1. The molecule has 2 aromatic rings. The van der Waals surface area contributed by atoms with Crippen molar-refractivity contribution >= 4 is 11.6 Å². The van der Waals surface area contributed by atoms with E-state index < -0.39 is 0 Å². The molecule has 0 unspecified atom stereocenters. The van der Waals surface area contributed by atoms with Crippen LogP contribution in [-0.4, -0.2) is 5.91 Å². The SMILES string of the molecule is Cc1ccc([C@H](C)NC(=O)CCc2cccc(N)c2)cc1. The molecule has 0 aliphatic heterocycles. The van der Waals surface area contributed by atoms with E-state index in [4.69, 9.17) is 5.73 Å². The minimum atomic E-state index is 0.0268. The van der Waals surface area contributed by atoms with Crippen molar-refractivity contribution in [3.63, 3.8) is 0 Å². The average molecular weight is 282 g/mol. The van der Waals surface area contributed by atoms with Gasteiger partial charge in [-0.15, -0.1) is 0 Å². The second-order valence-electron chi connectivity index (χ2n) is 5.44. The molecule has 0 bridgehead atoms. The molecule has 110 valence electrons. The molecule has 0 aromatic heterocycles. The second-order valence-corrected chi connectivity index (χ2v) is 5.44. The zero-order valence-corrected chi connectivity index (χ0v) is 12.6. The molecule has 0 heterocycles. The fraction of sp³-hybridized carbons (Fsp3) is 0.278. The lowest BCUT2D eigenvalue weighted by Gasteiger charge is -2.14. The molecule has 0 fully saturated rings. The Morgan fingerprint density at radius 1 is 1.19 bits per heavy atom. The summed E-state index contributed by atoms with van der Waals surface area (Å²) in [6, 6.07) is 15.9. The Morgan fingerprint density at radius 2 is 1.90 bits per heavy atom. The summed E-state index contributed by atoms with van der Waals surface area (Å²) in [4.78, 5) is 12.0. The molecular weight excluding hydrogens is 260 g/mol. The first-order chi connectivity index (χ1) is 10.0. The van der Waals surface area contributed by atoms with Crippen LogP contribution in [0, 0.1) is 6.92 Å². The number of carbonyl (C=O) groups excluding carboxylic acids is 1.